The molecule has 0 radical (unpaired) electrons. The molecule has 2 aromatic carbocycles. The first-order valence-corrected chi connectivity index (χ1v) is 22.3. The first-order chi connectivity index (χ1) is 30.8. The zero-order valence-electron chi connectivity index (χ0n) is 39.0. The lowest BCUT2D eigenvalue weighted by molar-refractivity contribution is -0.157. The van der Waals surface area contributed by atoms with Gasteiger partial charge in [-0.3, -0.25) is 19.2 Å². The number of benzene rings is 3. The molecule has 65 heavy (non-hydrogen) atoms. The van der Waals surface area contributed by atoms with Crippen molar-refractivity contribution in [2.45, 2.75) is 92.8 Å². The first-order valence-electron chi connectivity index (χ1n) is 22.3. The van der Waals surface area contributed by atoms with Gasteiger partial charge in [0, 0.05) is 67.8 Å². The smallest absolute Gasteiger partial charge is 0.312 e. The van der Waals surface area contributed by atoms with Gasteiger partial charge >= 0.3 is 11.8 Å². The molecule has 348 valence electrons. The Balaban J connectivity index is 1.40. The van der Waals surface area contributed by atoms with E-state index in [4.69, 9.17) is 33.1 Å². The van der Waals surface area contributed by atoms with Crippen molar-refractivity contribution in [2.75, 3.05) is 39.2 Å². The van der Waals surface area contributed by atoms with Crippen LogP contribution in [0.25, 0.3) is 33.3 Å². The number of ether oxygens (including phenoxy) is 5. The molecule has 2 aromatic rings. The second-order valence-electron chi connectivity index (χ2n) is 18.5. The van der Waals surface area contributed by atoms with Crippen molar-refractivity contribution >= 4 is 45.2 Å². The normalized spacial score (nSPS) is 31.1. The van der Waals surface area contributed by atoms with Gasteiger partial charge in [-0.15, -0.1) is 0 Å². The van der Waals surface area contributed by atoms with E-state index in [1.165, 1.54) is 34.1 Å². The molecule has 15 nitrogen and oxygen atoms in total. The predicted octanol–water partition coefficient (Wildman–Crippen LogP) is 7.55. The summed E-state index contributed by atoms with van der Waals surface area (Å²) in [6.45, 7) is 17.9. The molecule has 5 aliphatic rings. The van der Waals surface area contributed by atoms with Crippen LogP contribution in [0.2, 0.25) is 0 Å². The van der Waals surface area contributed by atoms with Crippen molar-refractivity contribution < 1.29 is 52.7 Å². The van der Waals surface area contributed by atoms with Crippen molar-refractivity contribution in [1.29, 1.82) is 0 Å². The Bertz CT molecular complexity index is 2630. The topological polar surface area (TPSA) is 196 Å². The summed E-state index contributed by atoms with van der Waals surface area (Å²) in [5, 5.41) is 25.8. The van der Waals surface area contributed by atoms with Crippen LogP contribution < -0.4 is 20.2 Å². The monoisotopic (exact) mass is 895 g/mol. The van der Waals surface area contributed by atoms with E-state index in [1.54, 1.807) is 49.4 Å². The number of carbonyl (C=O) groups is 3. The largest absolute Gasteiger partial charge is 0.507 e. The average Bonchev–Trinajstić information content (AvgIpc) is 3.82. The van der Waals surface area contributed by atoms with Crippen LogP contribution in [0.5, 0.6) is 17.2 Å². The van der Waals surface area contributed by atoms with Crippen LogP contribution in [0, 0.1) is 42.4 Å². The number of amides is 1. The van der Waals surface area contributed by atoms with Gasteiger partial charge in [0.25, 0.3) is 11.7 Å². The fourth-order valence-corrected chi connectivity index (χ4v) is 9.46. The predicted molar refractivity (Wildman–Crippen MR) is 245 cm³/mol. The van der Waals surface area contributed by atoms with E-state index in [0.29, 0.717) is 23.8 Å². The molecule has 1 amide bonds. The van der Waals surface area contributed by atoms with Crippen LogP contribution in [0.3, 0.4) is 0 Å². The Hall–Kier alpha value is -5.77. The number of hydrogen-bond donors (Lipinski definition) is 3. The summed E-state index contributed by atoms with van der Waals surface area (Å²) < 4.78 is 36.9. The van der Waals surface area contributed by atoms with E-state index in [1.807, 2.05) is 34.6 Å². The number of aromatic nitrogens is 1. The number of phenolic OH excluding ortho intramolecular Hbond substituents is 1. The minimum atomic E-state index is -2.00. The van der Waals surface area contributed by atoms with Gasteiger partial charge in [0.1, 0.15) is 40.3 Å². The summed E-state index contributed by atoms with van der Waals surface area (Å²) in [7, 11) is 3.58. The molecule has 1 unspecified atom stereocenters. The number of aliphatic hydroxyl groups is 1. The molecule has 4 heterocycles. The van der Waals surface area contributed by atoms with Crippen LogP contribution in [-0.2, 0) is 23.8 Å². The number of aliphatic hydroxyl groups excluding tert-OH is 1. The molecule has 10 atom stereocenters. The van der Waals surface area contributed by atoms with E-state index in [0.717, 1.165) is 19.5 Å². The maximum absolute atomic E-state index is 14.8. The van der Waals surface area contributed by atoms with E-state index < -0.39 is 58.9 Å². The molecule has 1 aliphatic carbocycles. The first kappa shape index (κ1) is 47.2. The van der Waals surface area contributed by atoms with E-state index in [-0.39, 0.29) is 79.6 Å². The summed E-state index contributed by atoms with van der Waals surface area (Å²) in [6, 6.07) is 5.12. The molecule has 0 aromatic heterocycles. The number of hydrogen-bond acceptors (Lipinski definition) is 14. The number of rotatable bonds is 5. The number of nitrogens with one attached hydrogen (secondary N) is 1. The zero-order valence-corrected chi connectivity index (χ0v) is 39.0. The zero-order chi connectivity index (χ0) is 47.2. The Morgan fingerprint density at radius 1 is 1.03 bits per heavy atom. The highest BCUT2D eigenvalue weighted by molar-refractivity contribution is 6.22. The number of esters is 1. The minimum Gasteiger partial charge on any atom is -0.507 e. The number of aromatic hydroxyl groups is 1. The van der Waals surface area contributed by atoms with E-state index in [9.17, 15) is 29.4 Å². The number of ketones is 1. The molecule has 1 fully saturated rings. The van der Waals surface area contributed by atoms with Crippen LogP contribution >= 0.6 is 0 Å². The van der Waals surface area contributed by atoms with Gasteiger partial charge in [-0.1, -0.05) is 52.8 Å². The molecule has 0 spiro atoms. The van der Waals surface area contributed by atoms with Crippen LogP contribution in [0.4, 0.5) is 5.69 Å². The van der Waals surface area contributed by atoms with Gasteiger partial charge in [0.2, 0.25) is 5.43 Å². The number of nitrogens with zero attached hydrogens (tertiary/aromatic N) is 2. The highest BCUT2D eigenvalue weighted by Gasteiger charge is 2.50. The Labute approximate surface area is 378 Å². The number of carbonyl (C=O) groups excluding carboxylic acids is 3. The average molecular weight is 896 g/mol. The maximum Gasteiger partial charge on any atom is 0.312 e. The number of phenols is 1. The van der Waals surface area contributed by atoms with Gasteiger partial charge in [-0.25, -0.2) is 4.98 Å². The molecule has 4 bridgehead atoms. The van der Waals surface area contributed by atoms with Gasteiger partial charge in [-0.05, 0) is 69.8 Å². The lowest BCUT2D eigenvalue weighted by Crippen LogP contribution is -2.43. The number of fused-ring (bicyclic) bond motifs is 2. The summed E-state index contributed by atoms with van der Waals surface area (Å²) >= 11 is 0. The quantitative estimate of drug-likeness (QED) is 0.101. The SMILES string of the molecule is CO[C@H]1/C=C/O[C@@]2(C)Oc3c(C)c(O)c4c(=O)c(c5oc6cc(OCC7CCN(C)C7)ccc6nc-5c4c3C2=O)NC(=O)/C(C)=C\C=C\[C@H](C)[C@H](O)[C@@H](C)[C@@H](C)[C@@H](C)[C@H](OC(C)=O)[C@@H]1C. The Morgan fingerprint density at radius 3 is 2.45 bits per heavy atom. The fraction of sp³-hybridized carbons (Fsp3) is 0.500. The lowest BCUT2D eigenvalue weighted by Gasteiger charge is -2.39. The third-order valence-electron chi connectivity index (χ3n) is 13.9. The van der Waals surface area contributed by atoms with Gasteiger partial charge < -0.3 is 48.5 Å². The highest BCUT2D eigenvalue weighted by atomic mass is 16.7. The summed E-state index contributed by atoms with van der Waals surface area (Å²) in [5.74, 6) is -4.99. The second kappa shape index (κ2) is 18.6. The highest BCUT2D eigenvalue weighted by Crippen LogP contribution is 2.50. The second-order valence-corrected chi connectivity index (χ2v) is 18.5. The van der Waals surface area contributed by atoms with Gasteiger partial charge in [-0.2, -0.15) is 0 Å². The summed E-state index contributed by atoms with van der Waals surface area (Å²) in [4.78, 5) is 63.2. The van der Waals surface area contributed by atoms with Gasteiger partial charge in [0.05, 0.1) is 36.0 Å². The van der Waals surface area contributed by atoms with Crippen molar-refractivity contribution in [2.24, 2.45) is 35.5 Å². The van der Waals surface area contributed by atoms with Gasteiger partial charge in [0.15, 0.2) is 11.3 Å². The van der Waals surface area contributed by atoms with Crippen LogP contribution in [0.1, 0.15) is 77.7 Å². The number of anilines is 1. The lowest BCUT2D eigenvalue weighted by atomic mass is 9.73. The van der Waals surface area contributed by atoms with Crippen molar-refractivity contribution in [3.05, 3.63) is 75.7 Å². The van der Waals surface area contributed by atoms with Crippen LogP contribution in [0.15, 0.2) is 63.6 Å². The molecule has 3 N–H and O–H groups in total. The van der Waals surface area contributed by atoms with E-state index >= 15 is 0 Å². The van der Waals surface area contributed by atoms with Crippen molar-refractivity contribution in [3.8, 4) is 28.7 Å². The third kappa shape index (κ3) is 8.97. The number of Topliss-reactive ketones (excluding diaryl/α,β-unsaturated/α-hetero) is 1. The number of likely N-dealkylation sites (tertiary alicyclic amines) is 1. The molecular formula is C50H61N3O12. The Kier molecular flexibility index (Phi) is 13.5. The number of methoxy groups -OCH3 is 1. The minimum absolute atomic E-state index is 0.00871. The molecule has 7 rings (SSSR count). The van der Waals surface area contributed by atoms with Crippen molar-refractivity contribution in [1.82, 2.24) is 9.88 Å². The fourth-order valence-electron chi connectivity index (χ4n) is 9.46. The van der Waals surface area contributed by atoms with Crippen LogP contribution in [-0.4, -0.2) is 95.7 Å². The summed E-state index contributed by atoms with van der Waals surface area (Å²) in [5.41, 5.74) is -0.277. The molecular weight excluding hydrogens is 835 g/mol. The third-order valence-corrected chi connectivity index (χ3v) is 13.9. The standard InChI is InChI=1S/C50H61N3O12/c1-24-13-12-14-25(2)49(59)52-41-44(57)38-37(40-47(41)64-36-21-33(15-16-34(36)51-40)61-23-32-17-19-53(10)22-32)39-46(30(7)43(38)56)65-50(9,48(39)58)62-20-18-35(60-11)29(6)45(63-31(8)54)28(5)26(3)27(4)42(24)55/h12-16,18,20-21,24,26-29,32,35,42,45,55-56H,17,19,22-23H2,1-11H3,(H,52,59)/b13-12+,20-18+,25-14-/t24-,26+,27-,28+,29+,32?,35-,42-,45-,50-/m0/s1. The van der Waals surface area contributed by atoms with Crippen molar-refractivity contribution in [3.63, 3.8) is 0 Å². The molecule has 15 heteroatoms. The maximum atomic E-state index is 14.8. The molecule has 1 saturated heterocycles. The van der Waals surface area contributed by atoms with E-state index in [2.05, 4.69) is 17.3 Å². The molecule has 0 saturated carbocycles. The summed E-state index contributed by atoms with van der Waals surface area (Å²) in [6.07, 6.45) is 6.79. The molecule has 4 aliphatic heterocycles. The number of allylic oxidation sites excluding steroid dienone is 2. The Morgan fingerprint density at radius 2 is 1.77 bits per heavy atom.